The van der Waals surface area contributed by atoms with E-state index in [1.165, 1.54) is 18.4 Å². The van der Waals surface area contributed by atoms with Gasteiger partial charge in [-0.25, -0.2) is 9.59 Å². The van der Waals surface area contributed by atoms with E-state index >= 15 is 0 Å². The van der Waals surface area contributed by atoms with Crippen LogP contribution in [0.1, 0.15) is 17.7 Å². The van der Waals surface area contributed by atoms with Gasteiger partial charge in [0.05, 0.1) is 18.0 Å². The largest absolute Gasteiger partial charge is 0.480 e. The summed E-state index contributed by atoms with van der Waals surface area (Å²) in [5.74, 6) is -1.75. The second-order valence-corrected chi connectivity index (χ2v) is 5.84. The molecule has 0 saturated heterocycles. The fraction of sp³-hybridized carbons (Fsp3) is 0.417. The van der Waals surface area contributed by atoms with Crippen molar-refractivity contribution in [3.8, 4) is 0 Å². The van der Waals surface area contributed by atoms with E-state index in [0.717, 1.165) is 4.88 Å². The first kappa shape index (κ1) is 17.3. The van der Waals surface area contributed by atoms with Gasteiger partial charge in [-0.3, -0.25) is 4.79 Å². The molecule has 1 rings (SSSR count). The number of hydrogen-bond acceptors (Lipinski definition) is 5. The van der Waals surface area contributed by atoms with E-state index in [2.05, 4.69) is 15.4 Å². The highest BCUT2D eigenvalue weighted by atomic mass is 35.5. The summed E-state index contributed by atoms with van der Waals surface area (Å²) in [6, 6.07) is 1.68. The van der Waals surface area contributed by atoms with E-state index in [4.69, 9.17) is 16.7 Å². The number of carbonyl (C=O) groups excluding carboxylic acids is 2. The van der Waals surface area contributed by atoms with Gasteiger partial charge in [0.15, 0.2) is 0 Å². The Hall–Kier alpha value is -1.80. The maximum absolute atomic E-state index is 11.6. The summed E-state index contributed by atoms with van der Waals surface area (Å²) in [4.78, 5) is 34.5. The zero-order chi connectivity index (χ0) is 15.8. The Morgan fingerprint density at radius 3 is 2.67 bits per heavy atom. The third kappa shape index (κ3) is 6.46. The molecule has 1 heterocycles. The van der Waals surface area contributed by atoms with E-state index < -0.39 is 24.0 Å². The van der Waals surface area contributed by atoms with E-state index in [0.29, 0.717) is 4.34 Å². The Kier molecular flexibility index (Phi) is 6.97. The zero-order valence-corrected chi connectivity index (χ0v) is 12.8. The summed E-state index contributed by atoms with van der Waals surface area (Å²) in [7, 11) is 1.21. The molecule has 0 fully saturated rings. The van der Waals surface area contributed by atoms with E-state index in [1.807, 2.05) is 0 Å². The van der Waals surface area contributed by atoms with Gasteiger partial charge >= 0.3 is 18.0 Å². The Morgan fingerprint density at radius 2 is 2.14 bits per heavy atom. The maximum atomic E-state index is 11.6. The number of carboxylic acid groups (broad SMARTS) is 1. The van der Waals surface area contributed by atoms with Crippen LogP contribution < -0.4 is 10.6 Å². The number of ether oxygens (including phenoxy) is 1. The predicted molar refractivity (Wildman–Crippen MR) is 77.4 cm³/mol. The molecule has 0 radical (unpaired) electrons. The van der Waals surface area contributed by atoms with Crippen molar-refractivity contribution in [3.63, 3.8) is 0 Å². The molecule has 0 spiro atoms. The van der Waals surface area contributed by atoms with E-state index in [-0.39, 0.29) is 19.4 Å². The molecule has 0 unspecified atom stereocenters. The number of thiophene rings is 1. The lowest BCUT2D eigenvalue weighted by atomic mass is 10.1. The predicted octanol–water partition coefficient (Wildman–Crippen LogP) is 1.61. The monoisotopic (exact) mass is 334 g/mol. The number of rotatable bonds is 7. The standard InChI is InChI=1S/C12H15ClN2O5S/c1-20-10(16)5-3-8(11(17)18)15-12(19)14-6-7-2-4-9(13)21-7/h2,4,8H,3,5-6H2,1H3,(H,17,18)(H2,14,15,19)/t8-/m0/s1. The summed E-state index contributed by atoms with van der Waals surface area (Å²) in [6.07, 6.45) is -0.130. The van der Waals surface area contributed by atoms with Crippen LogP contribution in [-0.4, -0.2) is 36.2 Å². The SMILES string of the molecule is COC(=O)CC[C@H](NC(=O)NCc1ccc(Cl)s1)C(=O)O. The first-order valence-electron chi connectivity index (χ1n) is 6.00. The lowest BCUT2D eigenvalue weighted by Crippen LogP contribution is -2.45. The highest BCUT2D eigenvalue weighted by molar-refractivity contribution is 7.16. The average molecular weight is 335 g/mol. The number of carbonyl (C=O) groups is 3. The highest BCUT2D eigenvalue weighted by Crippen LogP contribution is 2.20. The number of aliphatic carboxylic acids is 1. The van der Waals surface area contributed by atoms with Crippen molar-refractivity contribution in [3.05, 3.63) is 21.3 Å². The number of nitrogens with one attached hydrogen (secondary N) is 2. The van der Waals surface area contributed by atoms with Crippen molar-refractivity contribution in [2.24, 2.45) is 0 Å². The molecule has 9 heteroatoms. The van der Waals surface area contributed by atoms with Crippen LogP contribution in [0.4, 0.5) is 4.79 Å². The van der Waals surface area contributed by atoms with Crippen LogP contribution >= 0.6 is 22.9 Å². The minimum absolute atomic E-state index is 0.0414. The number of halogens is 1. The van der Waals surface area contributed by atoms with Gasteiger partial charge in [0.1, 0.15) is 6.04 Å². The topological polar surface area (TPSA) is 105 Å². The van der Waals surface area contributed by atoms with Crippen molar-refractivity contribution in [1.82, 2.24) is 10.6 Å². The first-order chi connectivity index (χ1) is 9.92. The molecule has 2 amide bonds. The van der Waals surface area contributed by atoms with Crippen LogP contribution in [0.3, 0.4) is 0 Å². The molecule has 116 valence electrons. The number of hydrogen-bond donors (Lipinski definition) is 3. The van der Waals surface area contributed by atoms with Gasteiger partial charge in [-0.2, -0.15) is 0 Å². The summed E-state index contributed by atoms with van der Waals surface area (Å²) in [5.41, 5.74) is 0. The molecule has 0 aliphatic heterocycles. The van der Waals surface area contributed by atoms with Crippen molar-refractivity contribution >= 4 is 40.9 Å². The lowest BCUT2D eigenvalue weighted by Gasteiger charge is -2.14. The number of methoxy groups -OCH3 is 1. The Morgan fingerprint density at radius 1 is 1.43 bits per heavy atom. The molecule has 1 aromatic heterocycles. The normalized spacial score (nSPS) is 11.5. The molecule has 3 N–H and O–H groups in total. The highest BCUT2D eigenvalue weighted by Gasteiger charge is 2.21. The van der Waals surface area contributed by atoms with Crippen LogP contribution in [0.15, 0.2) is 12.1 Å². The fourth-order valence-electron chi connectivity index (χ4n) is 1.45. The lowest BCUT2D eigenvalue weighted by molar-refractivity contribution is -0.142. The third-order valence-corrected chi connectivity index (χ3v) is 3.75. The molecule has 21 heavy (non-hydrogen) atoms. The Bertz CT molecular complexity index is 520. The minimum atomic E-state index is -1.21. The molecule has 0 aromatic carbocycles. The second kappa shape index (κ2) is 8.48. The number of urea groups is 1. The van der Waals surface area contributed by atoms with E-state index in [9.17, 15) is 14.4 Å². The minimum Gasteiger partial charge on any atom is -0.480 e. The van der Waals surface area contributed by atoms with Crippen LogP contribution in [0.5, 0.6) is 0 Å². The van der Waals surface area contributed by atoms with Gasteiger partial charge in [-0.05, 0) is 18.6 Å². The van der Waals surface area contributed by atoms with Crippen LogP contribution in [0, 0.1) is 0 Å². The van der Waals surface area contributed by atoms with Crippen molar-refractivity contribution in [2.75, 3.05) is 7.11 Å². The van der Waals surface area contributed by atoms with Gasteiger partial charge in [-0.15, -0.1) is 11.3 Å². The molecule has 0 bridgehead atoms. The second-order valence-electron chi connectivity index (χ2n) is 4.04. The smallest absolute Gasteiger partial charge is 0.326 e. The Balaban J connectivity index is 2.41. The number of amides is 2. The molecular weight excluding hydrogens is 320 g/mol. The molecule has 1 atom stereocenters. The average Bonchev–Trinajstić information content (AvgIpc) is 2.86. The third-order valence-electron chi connectivity index (χ3n) is 2.52. The molecule has 0 aliphatic rings. The molecule has 0 saturated carbocycles. The van der Waals surface area contributed by atoms with Gasteiger partial charge in [-0.1, -0.05) is 11.6 Å². The fourth-order valence-corrected chi connectivity index (χ4v) is 2.47. The summed E-state index contributed by atoms with van der Waals surface area (Å²) >= 11 is 7.07. The molecule has 7 nitrogen and oxygen atoms in total. The van der Waals surface area contributed by atoms with Crippen LogP contribution in [0.2, 0.25) is 4.34 Å². The van der Waals surface area contributed by atoms with Gasteiger partial charge in [0.2, 0.25) is 0 Å². The molecule has 0 aliphatic carbocycles. The Labute approximate surface area is 130 Å². The zero-order valence-electron chi connectivity index (χ0n) is 11.2. The van der Waals surface area contributed by atoms with Gasteiger partial charge < -0.3 is 20.5 Å². The van der Waals surface area contributed by atoms with Crippen molar-refractivity contribution in [2.45, 2.75) is 25.4 Å². The van der Waals surface area contributed by atoms with Crippen molar-refractivity contribution in [1.29, 1.82) is 0 Å². The summed E-state index contributed by atoms with van der Waals surface area (Å²) in [5, 5.41) is 13.8. The van der Waals surface area contributed by atoms with Crippen LogP contribution in [-0.2, 0) is 20.9 Å². The first-order valence-corrected chi connectivity index (χ1v) is 7.20. The quantitative estimate of drug-likeness (QED) is 0.657. The van der Waals surface area contributed by atoms with E-state index in [1.54, 1.807) is 12.1 Å². The van der Waals surface area contributed by atoms with Crippen LogP contribution in [0.25, 0.3) is 0 Å². The molecule has 1 aromatic rings. The van der Waals surface area contributed by atoms with Crippen molar-refractivity contribution < 1.29 is 24.2 Å². The summed E-state index contributed by atoms with van der Waals surface area (Å²) in [6.45, 7) is 0.243. The summed E-state index contributed by atoms with van der Waals surface area (Å²) < 4.78 is 5.03. The van der Waals surface area contributed by atoms with Gasteiger partial charge in [0.25, 0.3) is 0 Å². The molecular formula is C12H15ClN2O5S. The maximum Gasteiger partial charge on any atom is 0.326 e. The van der Waals surface area contributed by atoms with Gasteiger partial charge in [0, 0.05) is 11.3 Å². The number of esters is 1. The number of carboxylic acids is 1.